The number of hydrogen-bond donors (Lipinski definition) is 1. The zero-order chi connectivity index (χ0) is 16.0. The Kier molecular flexibility index (Phi) is 3.96. The molecule has 1 atom stereocenters. The summed E-state index contributed by atoms with van der Waals surface area (Å²) >= 11 is 3.65. The quantitative estimate of drug-likeness (QED) is 0.794. The number of aromatic hydroxyl groups is 1. The van der Waals surface area contributed by atoms with Crippen LogP contribution in [0, 0.1) is 5.41 Å². The third-order valence-electron chi connectivity index (χ3n) is 4.10. The summed E-state index contributed by atoms with van der Waals surface area (Å²) < 4.78 is 12.4. The standard InChI is InChI=1S/C18H21BrO3/c1-12(19)18(21-10-17(2,3)11-22-18)15-6-4-14-9-16(20)7-5-13(14)8-15/h4-9,12,20H,10-11H2,1-3H3. The van der Waals surface area contributed by atoms with Crippen molar-refractivity contribution >= 4 is 26.7 Å². The molecule has 1 heterocycles. The van der Waals surface area contributed by atoms with Crippen LogP contribution in [0.2, 0.25) is 0 Å². The zero-order valence-electron chi connectivity index (χ0n) is 13.1. The van der Waals surface area contributed by atoms with Crippen LogP contribution >= 0.6 is 15.9 Å². The van der Waals surface area contributed by atoms with Gasteiger partial charge in [0.05, 0.1) is 18.0 Å². The lowest BCUT2D eigenvalue weighted by molar-refractivity contribution is -0.305. The maximum Gasteiger partial charge on any atom is 0.207 e. The van der Waals surface area contributed by atoms with E-state index >= 15 is 0 Å². The van der Waals surface area contributed by atoms with Crippen molar-refractivity contribution in [1.29, 1.82) is 0 Å². The van der Waals surface area contributed by atoms with Gasteiger partial charge < -0.3 is 14.6 Å². The van der Waals surface area contributed by atoms with Gasteiger partial charge in [0.1, 0.15) is 5.75 Å². The van der Waals surface area contributed by atoms with E-state index in [1.165, 1.54) is 0 Å². The highest BCUT2D eigenvalue weighted by atomic mass is 79.9. The van der Waals surface area contributed by atoms with Crippen LogP contribution in [0.15, 0.2) is 36.4 Å². The number of benzene rings is 2. The number of fused-ring (bicyclic) bond motifs is 1. The number of phenols is 1. The molecule has 1 unspecified atom stereocenters. The molecule has 0 saturated carbocycles. The average Bonchev–Trinajstić information content (AvgIpc) is 2.47. The Morgan fingerprint density at radius 1 is 1.05 bits per heavy atom. The van der Waals surface area contributed by atoms with Crippen LogP contribution in [-0.2, 0) is 15.3 Å². The lowest BCUT2D eigenvalue weighted by Crippen LogP contribution is -2.49. The summed E-state index contributed by atoms with van der Waals surface area (Å²) in [5, 5.41) is 11.6. The fourth-order valence-corrected chi connectivity index (χ4v) is 3.29. The van der Waals surface area contributed by atoms with E-state index < -0.39 is 5.79 Å². The molecule has 4 heteroatoms. The normalized spacial score (nSPS) is 21.6. The number of hydrogen-bond acceptors (Lipinski definition) is 3. The highest BCUT2D eigenvalue weighted by molar-refractivity contribution is 9.09. The van der Waals surface area contributed by atoms with E-state index in [9.17, 15) is 5.11 Å². The molecule has 0 aliphatic carbocycles. The van der Waals surface area contributed by atoms with Gasteiger partial charge in [-0.2, -0.15) is 0 Å². The smallest absolute Gasteiger partial charge is 0.207 e. The first-order valence-corrected chi connectivity index (χ1v) is 8.39. The molecule has 1 fully saturated rings. The van der Waals surface area contributed by atoms with Crippen molar-refractivity contribution in [2.24, 2.45) is 5.41 Å². The largest absolute Gasteiger partial charge is 0.508 e. The molecule has 3 nitrogen and oxygen atoms in total. The summed E-state index contributed by atoms with van der Waals surface area (Å²) in [7, 11) is 0. The first kappa shape index (κ1) is 15.8. The highest BCUT2D eigenvalue weighted by Crippen LogP contribution is 2.42. The SMILES string of the molecule is CC(Br)C1(c2ccc3cc(O)ccc3c2)OCC(C)(C)CO1. The number of alkyl halides is 1. The molecule has 22 heavy (non-hydrogen) atoms. The van der Waals surface area contributed by atoms with E-state index in [-0.39, 0.29) is 16.0 Å². The molecular weight excluding hydrogens is 344 g/mol. The topological polar surface area (TPSA) is 38.7 Å². The summed E-state index contributed by atoms with van der Waals surface area (Å²) in [6.07, 6.45) is 0. The van der Waals surface area contributed by atoms with Crippen LogP contribution in [-0.4, -0.2) is 23.1 Å². The Balaban J connectivity index is 2.04. The second-order valence-electron chi connectivity index (χ2n) is 6.77. The van der Waals surface area contributed by atoms with Crippen molar-refractivity contribution < 1.29 is 14.6 Å². The van der Waals surface area contributed by atoms with E-state index in [1.54, 1.807) is 12.1 Å². The maximum atomic E-state index is 9.59. The van der Waals surface area contributed by atoms with Crippen molar-refractivity contribution in [3.8, 4) is 5.75 Å². The number of halogens is 1. The lowest BCUT2D eigenvalue weighted by Gasteiger charge is -2.45. The fourth-order valence-electron chi connectivity index (χ4n) is 2.76. The Bertz CT molecular complexity index is 684. The molecular formula is C18H21BrO3. The molecule has 0 amide bonds. The minimum absolute atomic E-state index is 0.0191. The van der Waals surface area contributed by atoms with Gasteiger partial charge in [-0.25, -0.2) is 0 Å². The van der Waals surface area contributed by atoms with Gasteiger partial charge in [0.15, 0.2) is 0 Å². The Morgan fingerprint density at radius 3 is 2.27 bits per heavy atom. The van der Waals surface area contributed by atoms with E-state index in [4.69, 9.17) is 9.47 Å². The number of rotatable bonds is 2. The Morgan fingerprint density at radius 2 is 1.64 bits per heavy atom. The molecule has 1 aliphatic heterocycles. The van der Waals surface area contributed by atoms with Crippen LogP contribution < -0.4 is 0 Å². The molecule has 118 valence electrons. The molecule has 0 aromatic heterocycles. The van der Waals surface area contributed by atoms with Crippen molar-refractivity contribution in [1.82, 2.24) is 0 Å². The van der Waals surface area contributed by atoms with Gasteiger partial charge in [0.25, 0.3) is 0 Å². The molecule has 2 aromatic rings. The second-order valence-corrected chi connectivity index (χ2v) is 8.14. The van der Waals surface area contributed by atoms with Gasteiger partial charge in [0, 0.05) is 11.0 Å². The van der Waals surface area contributed by atoms with Gasteiger partial charge in [-0.1, -0.05) is 48.0 Å². The van der Waals surface area contributed by atoms with Crippen molar-refractivity contribution in [3.63, 3.8) is 0 Å². The summed E-state index contributed by atoms with van der Waals surface area (Å²) in [5.74, 6) is -0.502. The van der Waals surface area contributed by atoms with E-state index in [0.29, 0.717) is 13.2 Å². The molecule has 0 spiro atoms. The van der Waals surface area contributed by atoms with Gasteiger partial charge in [-0.05, 0) is 35.9 Å². The average molecular weight is 365 g/mol. The van der Waals surface area contributed by atoms with E-state index in [1.807, 2.05) is 25.1 Å². The fraction of sp³-hybridized carbons (Fsp3) is 0.444. The zero-order valence-corrected chi connectivity index (χ0v) is 14.7. The first-order valence-electron chi connectivity index (χ1n) is 7.48. The van der Waals surface area contributed by atoms with Crippen LogP contribution in [0.25, 0.3) is 10.8 Å². The maximum absolute atomic E-state index is 9.59. The lowest BCUT2D eigenvalue weighted by atomic mass is 9.92. The minimum Gasteiger partial charge on any atom is -0.508 e. The Labute approximate surface area is 139 Å². The molecule has 3 rings (SSSR count). The molecule has 0 bridgehead atoms. The first-order chi connectivity index (χ1) is 10.3. The van der Waals surface area contributed by atoms with Crippen LogP contribution in [0.5, 0.6) is 5.75 Å². The number of ether oxygens (including phenoxy) is 2. The van der Waals surface area contributed by atoms with Crippen molar-refractivity contribution in [3.05, 3.63) is 42.0 Å². The molecule has 2 aromatic carbocycles. The van der Waals surface area contributed by atoms with Crippen LogP contribution in [0.4, 0.5) is 0 Å². The van der Waals surface area contributed by atoms with Gasteiger partial charge in [0.2, 0.25) is 5.79 Å². The molecule has 0 radical (unpaired) electrons. The Hall–Kier alpha value is -1.10. The predicted octanol–water partition coefficient (Wildman–Crippen LogP) is 4.55. The summed E-state index contributed by atoms with van der Waals surface area (Å²) in [6, 6.07) is 11.4. The number of phenolic OH excluding ortho intramolecular Hbond substituents is 1. The van der Waals surface area contributed by atoms with Gasteiger partial charge in [-0.3, -0.25) is 0 Å². The van der Waals surface area contributed by atoms with Crippen molar-refractivity contribution in [2.75, 3.05) is 13.2 Å². The molecule has 1 N–H and O–H groups in total. The van der Waals surface area contributed by atoms with Crippen LogP contribution in [0.1, 0.15) is 26.3 Å². The molecule has 1 aliphatic rings. The van der Waals surface area contributed by atoms with Gasteiger partial charge in [-0.15, -0.1) is 0 Å². The monoisotopic (exact) mass is 364 g/mol. The molecule has 1 saturated heterocycles. The minimum atomic E-state index is -0.776. The summed E-state index contributed by atoms with van der Waals surface area (Å²) in [4.78, 5) is 0.0191. The highest BCUT2D eigenvalue weighted by Gasteiger charge is 2.45. The van der Waals surface area contributed by atoms with E-state index in [2.05, 4.69) is 35.8 Å². The third-order valence-corrected chi connectivity index (χ3v) is 4.71. The summed E-state index contributed by atoms with van der Waals surface area (Å²) in [6.45, 7) is 7.62. The second kappa shape index (κ2) is 5.52. The van der Waals surface area contributed by atoms with Gasteiger partial charge >= 0.3 is 0 Å². The summed E-state index contributed by atoms with van der Waals surface area (Å²) in [5.41, 5.74) is 1.01. The predicted molar refractivity (Wildman–Crippen MR) is 91.4 cm³/mol. The third kappa shape index (κ3) is 2.75. The van der Waals surface area contributed by atoms with Crippen molar-refractivity contribution in [2.45, 2.75) is 31.4 Å². The van der Waals surface area contributed by atoms with E-state index in [0.717, 1.165) is 16.3 Å². The van der Waals surface area contributed by atoms with Crippen LogP contribution in [0.3, 0.4) is 0 Å².